The van der Waals surface area contributed by atoms with Crippen LogP contribution in [0.15, 0.2) is 66.9 Å². The maximum Gasteiger partial charge on any atom is 0.119 e. The molecule has 0 aliphatic carbocycles. The quantitative estimate of drug-likeness (QED) is 0.689. The highest BCUT2D eigenvalue weighted by molar-refractivity contribution is 5.90. The summed E-state index contributed by atoms with van der Waals surface area (Å²) in [6.45, 7) is 1.58. The van der Waals surface area contributed by atoms with E-state index < -0.39 is 0 Å². The fraction of sp³-hybridized carbons (Fsp3) is 0.167. The first kappa shape index (κ1) is 13.4. The van der Waals surface area contributed by atoms with Gasteiger partial charge in [-0.15, -0.1) is 0 Å². The number of benzene rings is 2. The zero-order valence-corrected chi connectivity index (χ0v) is 11.8. The number of anilines is 1. The van der Waals surface area contributed by atoms with Crippen molar-refractivity contribution in [3.8, 4) is 5.75 Å². The van der Waals surface area contributed by atoms with Crippen LogP contribution in [0, 0.1) is 0 Å². The van der Waals surface area contributed by atoms with Gasteiger partial charge in [-0.05, 0) is 30.7 Å². The molecule has 3 nitrogen and oxygen atoms in total. The van der Waals surface area contributed by atoms with Gasteiger partial charge in [-0.2, -0.15) is 0 Å². The molecule has 3 aromatic rings. The molecule has 0 saturated carbocycles. The van der Waals surface area contributed by atoms with Crippen molar-refractivity contribution in [3.05, 3.63) is 66.9 Å². The Morgan fingerprint density at radius 3 is 2.62 bits per heavy atom. The molecular formula is C18H18N2O. The third-order valence-corrected chi connectivity index (χ3v) is 3.30. The van der Waals surface area contributed by atoms with Crippen molar-refractivity contribution in [3.63, 3.8) is 0 Å². The Hall–Kier alpha value is -2.55. The highest BCUT2D eigenvalue weighted by Crippen LogP contribution is 2.20. The molecule has 3 heteroatoms. The van der Waals surface area contributed by atoms with E-state index in [-0.39, 0.29) is 0 Å². The molecule has 1 heterocycles. The predicted molar refractivity (Wildman–Crippen MR) is 86.8 cm³/mol. The smallest absolute Gasteiger partial charge is 0.119 e. The van der Waals surface area contributed by atoms with Crippen LogP contribution in [0.1, 0.15) is 6.42 Å². The van der Waals surface area contributed by atoms with Crippen molar-refractivity contribution in [2.24, 2.45) is 0 Å². The molecule has 3 rings (SSSR count). The summed E-state index contributed by atoms with van der Waals surface area (Å²) < 4.78 is 5.68. The van der Waals surface area contributed by atoms with E-state index in [0.717, 1.165) is 35.3 Å². The van der Waals surface area contributed by atoms with Crippen LogP contribution < -0.4 is 10.1 Å². The van der Waals surface area contributed by atoms with E-state index in [1.807, 2.05) is 60.8 Å². The zero-order valence-electron chi connectivity index (χ0n) is 11.8. The summed E-state index contributed by atoms with van der Waals surface area (Å²) in [6.07, 6.45) is 2.79. The Morgan fingerprint density at radius 2 is 1.71 bits per heavy atom. The minimum Gasteiger partial charge on any atom is -0.494 e. The van der Waals surface area contributed by atoms with Gasteiger partial charge in [0, 0.05) is 23.8 Å². The first-order valence-corrected chi connectivity index (χ1v) is 7.19. The number of fused-ring (bicyclic) bond motifs is 1. The average Bonchev–Trinajstić information content (AvgIpc) is 2.56. The molecule has 0 aliphatic heterocycles. The molecule has 0 radical (unpaired) electrons. The fourth-order valence-electron chi connectivity index (χ4n) is 2.25. The number of pyridine rings is 1. The Bertz CT molecular complexity index is 692. The second kappa shape index (κ2) is 6.75. The summed E-state index contributed by atoms with van der Waals surface area (Å²) in [6, 6.07) is 20.1. The highest BCUT2D eigenvalue weighted by atomic mass is 16.5. The molecule has 0 bridgehead atoms. The number of aromatic nitrogens is 1. The fourth-order valence-corrected chi connectivity index (χ4v) is 2.25. The summed E-state index contributed by atoms with van der Waals surface area (Å²) in [4.78, 5) is 4.36. The van der Waals surface area contributed by atoms with E-state index in [4.69, 9.17) is 4.74 Å². The normalized spacial score (nSPS) is 10.5. The summed E-state index contributed by atoms with van der Waals surface area (Å²) in [5.74, 6) is 0.923. The minimum absolute atomic E-state index is 0.708. The molecule has 1 aromatic heterocycles. The van der Waals surface area contributed by atoms with E-state index >= 15 is 0 Å². The summed E-state index contributed by atoms with van der Waals surface area (Å²) >= 11 is 0. The summed E-state index contributed by atoms with van der Waals surface area (Å²) in [5.41, 5.74) is 2.14. The van der Waals surface area contributed by atoms with Crippen molar-refractivity contribution < 1.29 is 4.74 Å². The van der Waals surface area contributed by atoms with Gasteiger partial charge in [0.2, 0.25) is 0 Å². The van der Waals surface area contributed by atoms with E-state index in [1.54, 1.807) is 0 Å². The molecule has 1 N–H and O–H groups in total. The molecule has 0 saturated heterocycles. The maximum atomic E-state index is 5.68. The topological polar surface area (TPSA) is 34.1 Å². The lowest BCUT2D eigenvalue weighted by molar-refractivity contribution is 0.315. The van der Waals surface area contributed by atoms with Gasteiger partial charge in [-0.1, -0.05) is 36.4 Å². The van der Waals surface area contributed by atoms with Crippen molar-refractivity contribution in [2.75, 3.05) is 18.5 Å². The maximum absolute atomic E-state index is 5.68. The van der Waals surface area contributed by atoms with Gasteiger partial charge in [-0.3, -0.25) is 4.98 Å². The number of para-hydroxylation sites is 2. The van der Waals surface area contributed by atoms with Gasteiger partial charge in [0.15, 0.2) is 0 Å². The van der Waals surface area contributed by atoms with Crippen molar-refractivity contribution in [2.45, 2.75) is 6.42 Å². The Balaban J connectivity index is 1.51. The molecule has 106 valence electrons. The van der Waals surface area contributed by atoms with Crippen LogP contribution in [0.2, 0.25) is 0 Å². The Morgan fingerprint density at radius 1 is 0.905 bits per heavy atom. The van der Waals surface area contributed by atoms with Gasteiger partial charge in [-0.25, -0.2) is 0 Å². The van der Waals surface area contributed by atoms with Gasteiger partial charge < -0.3 is 10.1 Å². The first-order valence-electron chi connectivity index (χ1n) is 7.19. The lowest BCUT2D eigenvalue weighted by Crippen LogP contribution is -2.07. The third-order valence-electron chi connectivity index (χ3n) is 3.30. The first-order chi connectivity index (χ1) is 10.4. The lowest BCUT2D eigenvalue weighted by atomic mass is 10.2. The highest BCUT2D eigenvalue weighted by Gasteiger charge is 2.00. The Kier molecular flexibility index (Phi) is 4.32. The number of nitrogens with one attached hydrogen (secondary N) is 1. The molecule has 0 fully saturated rings. The van der Waals surface area contributed by atoms with Crippen LogP contribution in [0.4, 0.5) is 5.69 Å². The molecule has 0 amide bonds. The monoisotopic (exact) mass is 278 g/mol. The zero-order chi connectivity index (χ0) is 14.3. The van der Waals surface area contributed by atoms with Crippen LogP contribution >= 0.6 is 0 Å². The van der Waals surface area contributed by atoms with Crippen LogP contribution in [0.25, 0.3) is 10.9 Å². The largest absolute Gasteiger partial charge is 0.494 e. The number of nitrogens with zero attached hydrogens (tertiary/aromatic N) is 1. The second-order valence-corrected chi connectivity index (χ2v) is 4.82. The number of ether oxygens (including phenoxy) is 1. The van der Waals surface area contributed by atoms with E-state index in [9.17, 15) is 0 Å². The predicted octanol–water partition coefficient (Wildman–Crippen LogP) is 4.12. The van der Waals surface area contributed by atoms with E-state index in [0.29, 0.717) is 6.61 Å². The summed E-state index contributed by atoms with van der Waals surface area (Å²) in [5, 5.41) is 4.61. The average molecular weight is 278 g/mol. The number of hydrogen-bond acceptors (Lipinski definition) is 3. The van der Waals surface area contributed by atoms with Crippen molar-refractivity contribution in [1.29, 1.82) is 0 Å². The minimum atomic E-state index is 0.708. The molecule has 0 atom stereocenters. The Labute approximate surface area is 124 Å². The van der Waals surface area contributed by atoms with Crippen LogP contribution in [-0.4, -0.2) is 18.1 Å². The number of rotatable bonds is 6. The number of hydrogen-bond donors (Lipinski definition) is 1. The SMILES string of the molecule is c1ccc(OCCCNc2ccnc3ccccc23)cc1. The van der Waals surface area contributed by atoms with Crippen LogP contribution in [-0.2, 0) is 0 Å². The van der Waals surface area contributed by atoms with Gasteiger partial charge >= 0.3 is 0 Å². The van der Waals surface area contributed by atoms with Crippen molar-refractivity contribution in [1.82, 2.24) is 4.98 Å². The molecule has 0 spiro atoms. The van der Waals surface area contributed by atoms with E-state index in [2.05, 4.69) is 16.4 Å². The molecule has 21 heavy (non-hydrogen) atoms. The van der Waals surface area contributed by atoms with E-state index in [1.165, 1.54) is 0 Å². The lowest BCUT2D eigenvalue weighted by Gasteiger charge is -2.10. The molecule has 2 aromatic carbocycles. The van der Waals surface area contributed by atoms with Crippen LogP contribution in [0.3, 0.4) is 0 Å². The third kappa shape index (κ3) is 3.51. The molecular weight excluding hydrogens is 260 g/mol. The van der Waals surface area contributed by atoms with Crippen LogP contribution in [0.5, 0.6) is 5.75 Å². The van der Waals surface area contributed by atoms with Gasteiger partial charge in [0.1, 0.15) is 5.75 Å². The van der Waals surface area contributed by atoms with Crippen molar-refractivity contribution >= 4 is 16.6 Å². The molecule has 0 unspecified atom stereocenters. The second-order valence-electron chi connectivity index (χ2n) is 4.82. The van der Waals surface area contributed by atoms with Gasteiger partial charge in [0.05, 0.1) is 12.1 Å². The molecule has 0 aliphatic rings. The van der Waals surface area contributed by atoms with Gasteiger partial charge in [0.25, 0.3) is 0 Å². The summed E-state index contributed by atoms with van der Waals surface area (Å²) in [7, 11) is 0. The standard InChI is InChI=1S/C18H18N2O/c1-2-7-15(8-3-1)21-14-6-12-19-18-11-13-20-17-10-5-4-9-16(17)18/h1-5,7-11,13H,6,12,14H2,(H,19,20).